The fourth-order valence-electron chi connectivity index (χ4n) is 2.06. The number of nitrogens with zero attached hydrogens (tertiary/aromatic N) is 1. The Morgan fingerprint density at radius 2 is 2.10 bits per heavy atom. The lowest BCUT2D eigenvalue weighted by molar-refractivity contribution is -0.580. The van der Waals surface area contributed by atoms with E-state index in [9.17, 15) is 9.90 Å². The van der Waals surface area contributed by atoms with Crippen molar-refractivity contribution in [1.29, 1.82) is 0 Å². The van der Waals surface area contributed by atoms with Gasteiger partial charge in [0.05, 0.1) is 4.88 Å². The number of carbonyl (C=O) groups is 1. The first kappa shape index (κ1) is 12.6. The molecule has 0 saturated carbocycles. The summed E-state index contributed by atoms with van der Waals surface area (Å²) in [7, 11) is 0. The van der Waals surface area contributed by atoms with Crippen LogP contribution in [0.1, 0.15) is 6.92 Å². The molecule has 3 aromatic rings. The second-order valence-electron chi connectivity index (χ2n) is 4.41. The Bertz CT molecular complexity index is 795. The van der Waals surface area contributed by atoms with E-state index < -0.39 is 0 Å². The van der Waals surface area contributed by atoms with Crippen molar-refractivity contribution in [3.63, 3.8) is 0 Å². The molecule has 1 N–H and O–H groups in total. The number of hydrogen-bond acceptors (Lipinski definition) is 3. The van der Waals surface area contributed by atoms with E-state index in [1.165, 1.54) is 18.3 Å². The van der Waals surface area contributed by atoms with Crippen molar-refractivity contribution >= 4 is 27.8 Å². The minimum Gasteiger partial charge on any atom is -0.822 e. The predicted molar refractivity (Wildman–Crippen MR) is 76.7 cm³/mol. The highest BCUT2D eigenvalue weighted by molar-refractivity contribution is 7.20. The standard InChI is InChI=1S/C15H12N2O2S/c1-10(18)16-12-6-4-5-11(9-12)14-15(19)17-8-3-2-7-13(17)20-14/h2-9H,1H3,(H-,16,18,19). The van der Waals surface area contributed by atoms with Gasteiger partial charge in [-0.15, -0.1) is 0 Å². The minimum absolute atomic E-state index is 0.0365. The van der Waals surface area contributed by atoms with Crippen LogP contribution >= 0.6 is 11.3 Å². The fourth-order valence-corrected chi connectivity index (χ4v) is 3.09. The lowest BCUT2D eigenvalue weighted by Crippen LogP contribution is -2.22. The summed E-state index contributed by atoms with van der Waals surface area (Å²) in [5, 5.41) is 15.1. The second-order valence-corrected chi connectivity index (χ2v) is 5.44. The summed E-state index contributed by atoms with van der Waals surface area (Å²) in [5.74, 6) is -0.166. The molecule has 0 atom stereocenters. The molecule has 100 valence electrons. The predicted octanol–water partition coefficient (Wildman–Crippen LogP) is 2.19. The molecule has 0 unspecified atom stereocenters. The number of nitrogens with one attached hydrogen (secondary N) is 1. The van der Waals surface area contributed by atoms with E-state index in [2.05, 4.69) is 5.32 Å². The van der Waals surface area contributed by atoms with Crippen LogP contribution in [0.3, 0.4) is 0 Å². The number of anilines is 1. The number of hydrogen-bond donors (Lipinski definition) is 1. The summed E-state index contributed by atoms with van der Waals surface area (Å²) in [4.78, 5) is 12.7. The lowest BCUT2D eigenvalue weighted by Gasteiger charge is -2.05. The van der Waals surface area contributed by atoms with E-state index in [-0.39, 0.29) is 11.8 Å². The molecule has 0 spiro atoms. The summed E-state index contributed by atoms with van der Waals surface area (Å²) in [6, 6.07) is 13.0. The van der Waals surface area contributed by atoms with Crippen LogP contribution in [-0.2, 0) is 4.79 Å². The average molecular weight is 284 g/mol. The van der Waals surface area contributed by atoms with Gasteiger partial charge < -0.3 is 10.4 Å². The summed E-state index contributed by atoms with van der Waals surface area (Å²) in [5.41, 5.74) is 1.51. The molecule has 4 nitrogen and oxygen atoms in total. The first-order chi connectivity index (χ1) is 9.65. The molecule has 2 heterocycles. The van der Waals surface area contributed by atoms with Gasteiger partial charge in [0, 0.05) is 24.7 Å². The van der Waals surface area contributed by atoms with Crippen LogP contribution in [0, 0.1) is 0 Å². The first-order valence-electron chi connectivity index (χ1n) is 6.13. The molecular weight excluding hydrogens is 272 g/mol. The number of carbonyl (C=O) groups excluding carboxylic acids is 1. The van der Waals surface area contributed by atoms with Crippen LogP contribution in [0.15, 0.2) is 48.7 Å². The molecule has 5 heteroatoms. The van der Waals surface area contributed by atoms with Crippen LogP contribution in [0.5, 0.6) is 5.88 Å². The smallest absolute Gasteiger partial charge is 0.267 e. The number of rotatable bonds is 2. The van der Waals surface area contributed by atoms with Gasteiger partial charge in [0.1, 0.15) is 0 Å². The topological polar surface area (TPSA) is 56.3 Å². The Hall–Kier alpha value is -2.40. The largest absolute Gasteiger partial charge is 0.822 e. The Morgan fingerprint density at radius 3 is 2.85 bits per heavy atom. The van der Waals surface area contributed by atoms with Crippen LogP contribution in [0.2, 0.25) is 0 Å². The third kappa shape index (κ3) is 2.23. The number of amides is 1. The van der Waals surface area contributed by atoms with Crippen molar-refractivity contribution in [3.8, 4) is 16.3 Å². The number of fused-ring (bicyclic) bond motifs is 1. The molecule has 20 heavy (non-hydrogen) atoms. The maximum absolute atomic E-state index is 12.3. The van der Waals surface area contributed by atoms with E-state index in [1.54, 1.807) is 16.7 Å². The van der Waals surface area contributed by atoms with E-state index in [0.29, 0.717) is 10.6 Å². The monoisotopic (exact) mass is 284 g/mol. The van der Waals surface area contributed by atoms with E-state index in [0.717, 1.165) is 10.4 Å². The number of pyridine rings is 1. The third-order valence-corrected chi connectivity index (χ3v) is 4.04. The number of benzene rings is 1. The summed E-state index contributed by atoms with van der Waals surface area (Å²) in [6.07, 6.45) is 1.76. The average Bonchev–Trinajstić information content (AvgIpc) is 2.76. The molecule has 0 bridgehead atoms. The Kier molecular flexibility index (Phi) is 3.12. The van der Waals surface area contributed by atoms with Gasteiger partial charge in [0.15, 0.2) is 12.1 Å². The second kappa shape index (κ2) is 4.94. The highest BCUT2D eigenvalue weighted by Crippen LogP contribution is 2.33. The van der Waals surface area contributed by atoms with Crippen molar-refractivity contribution in [1.82, 2.24) is 0 Å². The molecule has 0 saturated heterocycles. The minimum atomic E-state index is -0.129. The van der Waals surface area contributed by atoms with Crippen LogP contribution in [0.4, 0.5) is 5.69 Å². The van der Waals surface area contributed by atoms with Crippen molar-refractivity contribution in [3.05, 3.63) is 48.7 Å². The summed E-state index contributed by atoms with van der Waals surface area (Å²) >= 11 is 1.44. The normalized spacial score (nSPS) is 10.7. The van der Waals surface area contributed by atoms with E-state index in [1.807, 2.05) is 36.4 Å². The van der Waals surface area contributed by atoms with Crippen molar-refractivity contribution in [2.75, 3.05) is 5.32 Å². The molecule has 0 fully saturated rings. The highest BCUT2D eigenvalue weighted by atomic mass is 32.1. The molecule has 0 aliphatic heterocycles. The maximum atomic E-state index is 12.3. The molecule has 0 radical (unpaired) electrons. The van der Waals surface area contributed by atoms with Gasteiger partial charge in [0.2, 0.25) is 5.91 Å². The third-order valence-electron chi connectivity index (χ3n) is 2.89. The quantitative estimate of drug-likeness (QED) is 0.733. The number of thiazole rings is 1. The van der Waals surface area contributed by atoms with Gasteiger partial charge in [-0.25, -0.2) is 0 Å². The zero-order valence-electron chi connectivity index (χ0n) is 10.8. The molecule has 1 aromatic carbocycles. The fraction of sp³-hybridized carbons (Fsp3) is 0.0667. The van der Waals surface area contributed by atoms with E-state index >= 15 is 0 Å². The Morgan fingerprint density at radius 1 is 1.25 bits per heavy atom. The van der Waals surface area contributed by atoms with Gasteiger partial charge >= 0.3 is 0 Å². The van der Waals surface area contributed by atoms with Gasteiger partial charge in [-0.1, -0.05) is 23.5 Å². The zero-order valence-corrected chi connectivity index (χ0v) is 11.6. The molecule has 2 aromatic heterocycles. The Labute approximate surface area is 119 Å². The Balaban J connectivity index is 2.11. The number of aromatic nitrogens is 1. The van der Waals surface area contributed by atoms with Crippen LogP contribution in [-0.4, -0.2) is 5.91 Å². The van der Waals surface area contributed by atoms with Gasteiger partial charge in [-0.05, 0) is 23.8 Å². The van der Waals surface area contributed by atoms with Crippen LogP contribution < -0.4 is 14.8 Å². The lowest BCUT2D eigenvalue weighted by atomic mass is 10.1. The van der Waals surface area contributed by atoms with Crippen molar-refractivity contribution < 1.29 is 14.3 Å². The van der Waals surface area contributed by atoms with Crippen molar-refractivity contribution in [2.45, 2.75) is 6.92 Å². The van der Waals surface area contributed by atoms with Gasteiger partial charge in [-0.3, -0.25) is 4.79 Å². The SMILES string of the molecule is CC(=O)Nc1cccc(-c2sc3cccc[n+]3c2[O-])c1. The summed E-state index contributed by atoms with van der Waals surface area (Å²) < 4.78 is 1.63. The molecule has 3 rings (SSSR count). The maximum Gasteiger partial charge on any atom is 0.267 e. The molecule has 1 amide bonds. The molecule has 0 aliphatic carbocycles. The molecule has 0 aliphatic rings. The van der Waals surface area contributed by atoms with E-state index in [4.69, 9.17) is 0 Å². The zero-order chi connectivity index (χ0) is 14.1. The van der Waals surface area contributed by atoms with Crippen LogP contribution in [0.25, 0.3) is 15.3 Å². The molecular formula is C15H12N2O2S. The summed E-state index contributed by atoms with van der Waals surface area (Å²) in [6.45, 7) is 1.46. The van der Waals surface area contributed by atoms with Gasteiger partial charge in [0.25, 0.3) is 4.83 Å². The highest BCUT2D eigenvalue weighted by Gasteiger charge is 2.14. The van der Waals surface area contributed by atoms with Gasteiger partial charge in [-0.2, -0.15) is 4.40 Å². The van der Waals surface area contributed by atoms with Crippen molar-refractivity contribution in [2.24, 2.45) is 0 Å². The first-order valence-corrected chi connectivity index (χ1v) is 6.95.